The molecule has 0 radical (unpaired) electrons. The van der Waals surface area contributed by atoms with E-state index in [9.17, 15) is 5.11 Å². The van der Waals surface area contributed by atoms with Crippen molar-refractivity contribution >= 4 is 5.69 Å². The van der Waals surface area contributed by atoms with Gasteiger partial charge in [0.25, 0.3) is 0 Å². The van der Waals surface area contributed by atoms with E-state index in [1.54, 1.807) is 0 Å². The third-order valence-corrected chi connectivity index (χ3v) is 7.43. The molecule has 0 bridgehead atoms. The zero-order valence-corrected chi connectivity index (χ0v) is 17.3. The minimum atomic E-state index is -0.323. The summed E-state index contributed by atoms with van der Waals surface area (Å²) in [4.78, 5) is 9.29. The molecule has 2 saturated heterocycles. The Morgan fingerprint density at radius 1 is 1.07 bits per heavy atom. The summed E-state index contributed by atoms with van der Waals surface area (Å²) in [6.45, 7) is 8.19. The van der Waals surface area contributed by atoms with Crippen molar-refractivity contribution in [2.75, 3.05) is 44.2 Å². The predicted octanol–water partition coefficient (Wildman–Crippen LogP) is 2.64. The second-order valence-corrected chi connectivity index (χ2v) is 8.92. The summed E-state index contributed by atoms with van der Waals surface area (Å²) >= 11 is 0. The number of fused-ring (bicyclic) bond motifs is 2. The monoisotopic (exact) mass is 392 g/mol. The molecule has 2 atom stereocenters. The molecular weight excluding hydrogens is 360 g/mol. The summed E-state index contributed by atoms with van der Waals surface area (Å²) in [6.07, 6.45) is 6.69. The first kappa shape index (κ1) is 19.0. The van der Waals surface area contributed by atoms with Crippen LogP contribution in [0.3, 0.4) is 0 Å². The van der Waals surface area contributed by atoms with Crippen LogP contribution < -0.4 is 10.2 Å². The SMILES string of the molecule is Cc1cnccc1N1CCCN([C@@H]2c3ccccc3C3(CCNCC3)[C@H]2O)CC1. The molecule has 154 valence electrons. The van der Waals surface area contributed by atoms with Gasteiger partial charge in [0.1, 0.15) is 0 Å². The van der Waals surface area contributed by atoms with Gasteiger partial charge in [-0.2, -0.15) is 0 Å². The van der Waals surface area contributed by atoms with Crippen molar-refractivity contribution < 1.29 is 5.11 Å². The largest absolute Gasteiger partial charge is 0.390 e. The highest BCUT2D eigenvalue weighted by Gasteiger charge is 2.53. The molecule has 2 fully saturated rings. The van der Waals surface area contributed by atoms with E-state index in [-0.39, 0.29) is 17.6 Å². The lowest BCUT2D eigenvalue weighted by molar-refractivity contribution is 0.000249. The number of aryl methyl sites for hydroxylation is 1. The van der Waals surface area contributed by atoms with Crippen LogP contribution in [0, 0.1) is 6.92 Å². The van der Waals surface area contributed by atoms with E-state index in [1.807, 2.05) is 12.4 Å². The summed E-state index contributed by atoms with van der Waals surface area (Å²) in [7, 11) is 0. The number of pyridine rings is 1. The summed E-state index contributed by atoms with van der Waals surface area (Å²) < 4.78 is 0. The minimum absolute atomic E-state index is 0.0831. The number of hydrogen-bond acceptors (Lipinski definition) is 5. The first-order valence-corrected chi connectivity index (χ1v) is 11.1. The van der Waals surface area contributed by atoms with Crippen LogP contribution in [-0.4, -0.2) is 60.4 Å². The standard InChI is InChI=1S/C24H32N4O/c1-18-17-26-10-7-21(18)27-13-4-14-28(16-15-27)22-19-5-2-3-6-20(19)24(23(22)29)8-11-25-12-9-24/h2-3,5-7,10,17,22-23,25,29H,4,8-9,11-16H2,1H3/t22-,23+/m1/s1. The summed E-state index contributed by atoms with van der Waals surface area (Å²) in [6, 6.07) is 11.1. The van der Waals surface area contributed by atoms with Crippen molar-refractivity contribution in [3.63, 3.8) is 0 Å². The van der Waals surface area contributed by atoms with E-state index < -0.39 is 0 Å². The van der Waals surface area contributed by atoms with Gasteiger partial charge < -0.3 is 15.3 Å². The molecule has 1 aliphatic carbocycles. The summed E-state index contributed by atoms with van der Waals surface area (Å²) in [5, 5.41) is 15.1. The van der Waals surface area contributed by atoms with Crippen molar-refractivity contribution in [3.05, 3.63) is 59.4 Å². The fraction of sp³-hybridized carbons (Fsp3) is 0.542. The van der Waals surface area contributed by atoms with E-state index in [2.05, 4.69) is 57.4 Å². The molecule has 3 aliphatic rings. The molecule has 5 rings (SSSR count). The Bertz CT molecular complexity index is 863. The molecule has 2 N–H and O–H groups in total. The van der Waals surface area contributed by atoms with Crippen LogP contribution in [-0.2, 0) is 5.41 Å². The maximum absolute atomic E-state index is 11.7. The van der Waals surface area contributed by atoms with Crippen molar-refractivity contribution in [1.82, 2.24) is 15.2 Å². The van der Waals surface area contributed by atoms with Crippen molar-refractivity contribution in [2.45, 2.75) is 43.7 Å². The number of aliphatic hydroxyl groups excluding tert-OH is 1. The van der Waals surface area contributed by atoms with Crippen molar-refractivity contribution in [1.29, 1.82) is 0 Å². The molecular formula is C24H32N4O. The van der Waals surface area contributed by atoms with Gasteiger partial charge in [0.2, 0.25) is 0 Å². The highest BCUT2D eigenvalue weighted by atomic mass is 16.3. The molecule has 5 heteroatoms. The van der Waals surface area contributed by atoms with Gasteiger partial charge in [0, 0.05) is 49.7 Å². The number of hydrogen-bond donors (Lipinski definition) is 2. The van der Waals surface area contributed by atoms with E-state index in [1.165, 1.54) is 22.4 Å². The van der Waals surface area contributed by atoms with Gasteiger partial charge in [0.15, 0.2) is 0 Å². The molecule has 0 unspecified atom stereocenters. The first-order chi connectivity index (χ1) is 14.2. The molecule has 3 heterocycles. The van der Waals surface area contributed by atoms with Crippen LogP contribution in [0.1, 0.15) is 42.0 Å². The predicted molar refractivity (Wildman–Crippen MR) is 116 cm³/mol. The maximum Gasteiger partial charge on any atom is 0.0834 e. The first-order valence-electron chi connectivity index (χ1n) is 11.1. The van der Waals surface area contributed by atoms with Crippen LogP contribution in [0.2, 0.25) is 0 Å². The zero-order valence-electron chi connectivity index (χ0n) is 17.3. The van der Waals surface area contributed by atoms with Gasteiger partial charge in [-0.25, -0.2) is 0 Å². The Hall–Kier alpha value is -1.95. The number of aliphatic hydroxyl groups is 1. The Morgan fingerprint density at radius 2 is 1.90 bits per heavy atom. The third-order valence-electron chi connectivity index (χ3n) is 7.43. The molecule has 2 aromatic rings. The van der Waals surface area contributed by atoms with Gasteiger partial charge in [-0.05, 0) is 62.0 Å². The van der Waals surface area contributed by atoms with Crippen LogP contribution in [0.25, 0.3) is 0 Å². The Balaban J connectivity index is 1.42. The van der Waals surface area contributed by atoms with E-state index in [0.29, 0.717) is 0 Å². The number of nitrogens with one attached hydrogen (secondary N) is 1. The minimum Gasteiger partial charge on any atom is -0.390 e. The fourth-order valence-electron chi connectivity index (χ4n) is 5.95. The van der Waals surface area contributed by atoms with Crippen LogP contribution >= 0.6 is 0 Å². The molecule has 0 saturated carbocycles. The molecule has 1 aromatic carbocycles. The van der Waals surface area contributed by atoms with Crippen molar-refractivity contribution in [3.8, 4) is 0 Å². The highest BCUT2D eigenvalue weighted by molar-refractivity contribution is 5.52. The van der Waals surface area contributed by atoms with Crippen LogP contribution in [0.4, 0.5) is 5.69 Å². The summed E-state index contributed by atoms with van der Waals surface area (Å²) in [5.74, 6) is 0. The zero-order chi connectivity index (χ0) is 19.8. The lowest BCUT2D eigenvalue weighted by Gasteiger charge is -2.40. The maximum atomic E-state index is 11.7. The van der Waals surface area contributed by atoms with E-state index in [0.717, 1.165) is 58.5 Å². The average Bonchev–Trinajstić information content (AvgIpc) is 2.91. The van der Waals surface area contributed by atoms with Gasteiger partial charge >= 0.3 is 0 Å². The second kappa shape index (κ2) is 7.71. The lowest BCUT2D eigenvalue weighted by atomic mass is 9.72. The van der Waals surface area contributed by atoms with Gasteiger partial charge in [-0.15, -0.1) is 0 Å². The van der Waals surface area contributed by atoms with Crippen molar-refractivity contribution in [2.24, 2.45) is 0 Å². The lowest BCUT2D eigenvalue weighted by Crippen LogP contribution is -2.49. The molecule has 0 amide bonds. The quantitative estimate of drug-likeness (QED) is 0.823. The number of rotatable bonds is 2. The molecule has 1 spiro atoms. The van der Waals surface area contributed by atoms with Crippen LogP contribution in [0.5, 0.6) is 0 Å². The normalized spacial score (nSPS) is 27.0. The molecule has 1 aromatic heterocycles. The van der Waals surface area contributed by atoms with Crippen LogP contribution in [0.15, 0.2) is 42.7 Å². The fourth-order valence-corrected chi connectivity index (χ4v) is 5.95. The molecule has 2 aliphatic heterocycles. The van der Waals surface area contributed by atoms with E-state index in [4.69, 9.17) is 0 Å². The van der Waals surface area contributed by atoms with Gasteiger partial charge in [-0.3, -0.25) is 9.88 Å². The number of nitrogens with zero attached hydrogens (tertiary/aromatic N) is 3. The molecule has 29 heavy (non-hydrogen) atoms. The third kappa shape index (κ3) is 3.16. The van der Waals surface area contributed by atoms with Gasteiger partial charge in [0.05, 0.1) is 12.1 Å². The number of anilines is 1. The summed E-state index contributed by atoms with van der Waals surface area (Å²) in [5.41, 5.74) is 5.20. The molecule has 5 nitrogen and oxygen atoms in total. The Labute approximate surface area is 173 Å². The number of aromatic nitrogens is 1. The highest BCUT2D eigenvalue weighted by Crippen LogP contribution is 2.52. The van der Waals surface area contributed by atoms with Gasteiger partial charge in [-0.1, -0.05) is 24.3 Å². The number of benzene rings is 1. The average molecular weight is 393 g/mol. The van der Waals surface area contributed by atoms with E-state index >= 15 is 0 Å². The Morgan fingerprint density at radius 3 is 2.72 bits per heavy atom. The Kier molecular flexibility index (Phi) is 5.06. The smallest absolute Gasteiger partial charge is 0.0834 e. The second-order valence-electron chi connectivity index (χ2n) is 8.92. The topological polar surface area (TPSA) is 51.6 Å². The number of piperidine rings is 1.